The normalized spacial score (nSPS) is 11.3. The van der Waals surface area contributed by atoms with Gasteiger partial charge >= 0.3 is 0 Å². The topological polar surface area (TPSA) is 68.3 Å². The van der Waals surface area contributed by atoms with Crippen LogP contribution in [0.25, 0.3) is 11.3 Å². The van der Waals surface area contributed by atoms with Crippen LogP contribution in [0, 0.1) is 5.82 Å². The van der Waals surface area contributed by atoms with E-state index in [4.69, 9.17) is 16.3 Å². The average molecular weight is 413 g/mol. The molecule has 0 saturated heterocycles. The molecule has 0 bridgehead atoms. The Bertz CT molecular complexity index is 1020. The summed E-state index contributed by atoms with van der Waals surface area (Å²) in [5, 5.41) is 1.73. The molecule has 1 heterocycles. The Hall–Kier alpha value is -2.16. The molecular weight excluding hydrogens is 399 g/mol. The van der Waals surface area contributed by atoms with Gasteiger partial charge < -0.3 is 4.74 Å². The second-order valence-electron chi connectivity index (χ2n) is 5.18. The lowest BCUT2D eigenvalue weighted by atomic mass is 10.2. The highest BCUT2D eigenvalue weighted by molar-refractivity contribution is 7.93. The van der Waals surface area contributed by atoms with Gasteiger partial charge in [-0.05, 0) is 49.4 Å². The minimum Gasteiger partial charge on any atom is -0.494 e. The molecule has 2 aromatic carbocycles. The lowest BCUT2D eigenvalue weighted by Crippen LogP contribution is -2.13. The standard InChI is InChI=1S/C17H14ClFN2O3S2/c1-2-24-13-6-3-11(4-7-13)15-10-25-17(20-15)21-26(22,23)16-8-5-12(19)9-14(16)18/h3-10H,2H2,1H3,(H,20,21). The van der Waals surface area contributed by atoms with Crippen molar-refractivity contribution in [3.63, 3.8) is 0 Å². The number of hydrogen-bond donors (Lipinski definition) is 1. The van der Waals surface area contributed by atoms with Crippen LogP contribution in [0.5, 0.6) is 5.75 Å². The average Bonchev–Trinajstić information content (AvgIpc) is 3.03. The lowest BCUT2D eigenvalue weighted by molar-refractivity contribution is 0.340. The number of sulfonamides is 1. The first kappa shape index (κ1) is 18.6. The zero-order chi connectivity index (χ0) is 18.7. The van der Waals surface area contributed by atoms with Crippen LogP contribution < -0.4 is 9.46 Å². The number of hydrogen-bond acceptors (Lipinski definition) is 5. The minimum absolute atomic E-state index is 0.189. The molecule has 0 aliphatic rings. The Balaban J connectivity index is 1.81. The van der Waals surface area contributed by atoms with Crippen molar-refractivity contribution in [3.8, 4) is 17.0 Å². The molecule has 0 aliphatic carbocycles. The molecule has 5 nitrogen and oxygen atoms in total. The monoisotopic (exact) mass is 412 g/mol. The molecule has 3 aromatic rings. The summed E-state index contributed by atoms with van der Waals surface area (Å²) in [6, 6.07) is 10.4. The van der Waals surface area contributed by atoms with Gasteiger partial charge in [-0.15, -0.1) is 11.3 Å². The summed E-state index contributed by atoms with van der Waals surface area (Å²) in [5.74, 6) is 0.138. The van der Waals surface area contributed by atoms with Crippen LogP contribution in [0.2, 0.25) is 5.02 Å². The Kier molecular flexibility index (Phi) is 5.45. The van der Waals surface area contributed by atoms with E-state index in [1.165, 1.54) is 0 Å². The van der Waals surface area contributed by atoms with Crippen LogP contribution in [0.1, 0.15) is 6.92 Å². The van der Waals surface area contributed by atoms with Crippen LogP contribution in [-0.4, -0.2) is 20.0 Å². The van der Waals surface area contributed by atoms with Crippen LogP contribution in [0.15, 0.2) is 52.7 Å². The van der Waals surface area contributed by atoms with Crippen molar-refractivity contribution in [1.29, 1.82) is 0 Å². The molecule has 0 spiro atoms. The van der Waals surface area contributed by atoms with Crippen LogP contribution >= 0.6 is 22.9 Å². The zero-order valence-corrected chi connectivity index (χ0v) is 16.0. The quantitative estimate of drug-likeness (QED) is 0.631. The van der Waals surface area contributed by atoms with Gasteiger partial charge in [-0.3, -0.25) is 4.72 Å². The molecule has 0 saturated carbocycles. The highest BCUT2D eigenvalue weighted by atomic mass is 35.5. The van der Waals surface area contributed by atoms with Crippen molar-refractivity contribution in [2.45, 2.75) is 11.8 Å². The number of thiazole rings is 1. The Morgan fingerprint density at radius 2 is 1.96 bits per heavy atom. The van der Waals surface area contributed by atoms with Crippen LogP contribution in [0.4, 0.5) is 9.52 Å². The van der Waals surface area contributed by atoms with E-state index < -0.39 is 15.8 Å². The van der Waals surface area contributed by atoms with Crippen molar-refractivity contribution in [2.75, 3.05) is 11.3 Å². The fourth-order valence-corrected chi connectivity index (χ4v) is 4.71. The Morgan fingerprint density at radius 1 is 1.23 bits per heavy atom. The number of ether oxygens (including phenoxy) is 1. The maximum Gasteiger partial charge on any atom is 0.265 e. The number of nitrogens with one attached hydrogen (secondary N) is 1. The highest BCUT2D eigenvalue weighted by Crippen LogP contribution is 2.29. The van der Waals surface area contributed by atoms with Gasteiger partial charge in [0.2, 0.25) is 0 Å². The molecule has 1 aromatic heterocycles. The smallest absolute Gasteiger partial charge is 0.265 e. The van der Waals surface area contributed by atoms with E-state index >= 15 is 0 Å². The van der Waals surface area contributed by atoms with E-state index in [1.807, 2.05) is 31.2 Å². The molecule has 136 valence electrons. The Labute approximate surface area is 159 Å². The minimum atomic E-state index is -3.96. The summed E-state index contributed by atoms with van der Waals surface area (Å²) < 4.78 is 45.7. The highest BCUT2D eigenvalue weighted by Gasteiger charge is 2.20. The number of anilines is 1. The van der Waals surface area contributed by atoms with Gasteiger partial charge in [-0.2, -0.15) is 0 Å². The molecule has 0 unspecified atom stereocenters. The maximum atomic E-state index is 13.1. The third-order valence-electron chi connectivity index (χ3n) is 3.37. The molecule has 0 aliphatic heterocycles. The van der Waals surface area contributed by atoms with E-state index in [1.54, 1.807) is 5.38 Å². The second-order valence-corrected chi connectivity index (χ2v) is 8.09. The van der Waals surface area contributed by atoms with E-state index in [9.17, 15) is 12.8 Å². The van der Waals surface area contributed by atoms with Gasteiger partial charge in [0, 0.05) is 10.9 Å². The van der Waals surface area contributed by atoms with Crippen LogP contribution in [-0.2, 0) is 10.0 Å². The summed E-state index contributed by atoms with van der Waals surface area (Å²) in [4.78, 5) is 4.07. The molecule has 3 rings (SSSR count). The van der Waals surface area contributed by atoms with Gasteiger partial charge in [-0.1, -0.05) is 11.6 Å². The number of benzene rings is 2. The maximum absolute atomic E-state index is 13.1. The summed E-state index contributed by atoms with van der Waals surface area (Å²) in [6.07, 6.45) is 0. The first-order valence-corrected chi connectivity index (χ1v) is 10.3. The Morgan fingerprint density at radius 3 is 2.62 bits per heavy atom. The lowest BCUT2D eigenvalue weighted by Gasteiger charge is -2.07. The number of rotatable bonds is 6. The molecule has 1 N–H and O–H groups in total. The molecule has 0 amide bonds. The first-order chi connectivity index (χ1) is 12.4. The third-order valence-corrected chi connectivity index (χ3v) is 6.08. The fraction of sp³-hybridized carbons (Fsp3) is 0.118. The van der Waals surface area contributed by atoms with Gasteiger partial charge in [-0.25, -0.2) is 17.8 Å². The number of aromatic nitrogens is 1. The first-order valence-electron chi connectivity index (χ1n) is 7.55. The predicted octanol–water partition coefficient (Wildman–Crippen LogP) is 4.80. The largest absolute Gasteiger partial charge is 0.494 e. The zero-order valence-electron chi connectivity index (χ0n) is 13.6. The predicted molar refractivity (Wildman–Crippen MR) is 101 cm³/mol. The molecule has 0 radical (unpaired) electrons. The van der Waals surface area contributed by atoms with Crippen molar-refractivity contribution in [1.82, 2.24) is 4.98 Å². The van der Waals surface area contributed by atoms with E-state index in [-0.39, 0.29) is 15.0 Å². The SMILES string of the molecule is CCOc1ccc(-c2csc(NS(=O)(=O)c3ccc(F)cc3Cl)n2)cc1. The van der Waals surface area contributed by atoms with Crippen molar-refractivity contribution < 1.29 is 17.5 Å². The van der Waals surface area contributed by atoms with Crippen molar-refractivity contribution in [2.24, 2.45) is 0 Å². The molecule has 9 heteroatoms. The molecule has 0 fully saturated rings. The molecule has 26 heavy (non-hydrogen) atoms. The third kappa shape index (κ3) is 4.14. The summed E-state index contributed by atoms with van der Waals surface area (Å²) >= 11 is 6.97. The van der Waals surface area contributed by atoms with E-state index in [0.717, 1.165) is 40.8 Å². The van der Waals surface area contributed by atoms with Gasteiger partial charge in [0.15, 0.2) is 5.13 Å². The van der Waals surface area contributed by atoms with Crippen molar-refractivity contribution in [3.05, 3.63) is 58.7 Å². The fourth-order valence-electron chi connectivity index (χ4n) is 2.20. The summed E-state index contributed by atoms with van der Waals surface area (Å²) in [5.41, 5.74) is 1.45. The van der Waals surface area contributed by atoms with Gasteiger partial charge in [0.25, 0.3) is 10.0 Å². The number of halogens is 2. The molecular formula is C17H14ClFN2O3S2. The molecule has 0 atom stereocenters. The summed E-state index contributed by atoms with van der Waals surface area (Å²) in [6.45, 7) is 2.48. The van der Waals surface area contributed by atoms with E-state index in [2.05, 4.69) is 9.71 Å². The van der Waals surface area contributed by atoms with Crippen molar-refractivity contribution >= 4 is 38.1 Å². The van der Waals surface area contributed by atoms with Gasteiger partial charge in [0.05, 0.1) is 17.3 Å². The van der Waals surface area contributed by atoms with Crippen LogP contribution in [0.3, 0.4) is 0 Å². The van der Waals surface area contributed by atoms with Gasteiger partial charge in [0.1, 0.15) is 16.5 Å². The number of nitrogens with zero attached hydrogens (tertiary/aromatic N) is 1. The second kappa shape index (κ2) is 7.61. The van der Waals surface area contributed by atoms with E-state index in [0.29, 0.717) is 12.3 Å². The summed E-state index contributed by atoms with van der Waals surface area (Å²) in [7, 11) is -3.96.